The molecule has 2 amide bonds. The van der Waals surface area contributed by atoms with Crippen molar-refractivity contribution in [2.75, 3.05) is 18.4 Å². The molecule has 0 radical (unpaired) electrons. The molecule has 1 unspecified atom stereocenters. The molecule has 1 aliphatic rings. The van der Waals surface area contributed by atoms with Crippen molar-refractivity contribution >= 4 is 23.3 Å². The van der Waals surface area contributed by atoms with Gasteiger partial charge in [0, 0.05) is 43.1 Å². The van der Waals surface area contributed by atoms with E-state index >= 15 is 0 Å². The number of carbonyl (C=O) groups is 3. The fraction of sp³-hybridized carbons (Fsp3) is 0.263. The summed E-state index contributed by atoms with van der Waals surface area (Å²) >= 11 is 0. The number of aliphatic hydroxyl groups is 1. The van der Waals surface area contributed by atoms with Crippen molar-refractivity contribution in [1.29, 1.82) is 5.26 Å². The summed E-state index contributed by atoms with van der Waals surface area (Å²) in [5, 5.41) is 23.9. The molecular weight excluding hydrogens is 619 g/mol. The number of anilines is 1. The number of benzene rings is 4. The Morgan fingerprint density at radius 2 is 1.56 bits per heavy atom. The molecule has 1 heterocycles. The monoisotopic (exact) mass is 653 g/mol. The highest BCUT2D eigenvalue weighted by atomic mass is 19.4. The number of carbonyl (C=O) groups excluding carboxylic acids is 3. The molecule has 0 saturated carbocycles. The molecule has 0 aromatic heterocycles. The summed E-state index contributed by atoms with van der Waals surface area (Å²) in [5.41, 5.74) is -0.343. The molecule has 1 aliphatic heterocycles. The number of alkyl halides is 3. The minimum atomic E-state index is -4.83. The number of ketones is 1. The molecule has 1 atom stereocenters. The third kappa shape index (κ3) is 7.81. The summed E-state index contributed by atoms with van der Waals surface area (Å²) in [4.78, 5) is 40.2. The van der Waals surface area contributed by atoms with Gasteiger partial charge in [-0.2, -0.15) is 18.4 Å². The third-order valence-corrected chi connectivity index (χ3v) is 8.72. The summed E-state index contributed by atoms with van der Waals surface area (Å²) in [7, 11) is 0. The molecule has 4 aromatic rings. The molecule has 246 valence electrons. The lowest BCUT2D eigenvalue weighted by Crippen LogP contribution is -2.54. The fourth-order valence-electron chi connectivity index (χ4n) is 6.20. The average molecular weight is 654 g/mol. The van der Waals surface area contributed by atoms with E-state index in [1.165, 1.54) is 19.1 Å². The predicted octanol–water partition coefficient (Wildman–Crippen LogP) is 6.84. The molecule has 0 aliphatic carbocycles. The van der Waals surface area contributed by atoms with E-state index in [0.29, 0.717) is 23.6 Å². The van der Waals surface area contributed by atoms with Crippen molar-refractivity contribution in [2.45, 2.75) is 44.4 Å². The van der Waals surface area contributed by atoms with Crippen LogP contribution in [0.3, 0.4) is 0 Å². The van der Waals surface area contributed by atoms with Crippen LogP contribution < -0.4 is 5.32 Å². The summed E-state index contributed by atoms with van der Waals surface area (Å²) in [6.45, 7) is 2.07. The number of piperidine rings is 1. The van der Waals surface area contributed by atoms with E-state index in [0.717, 1.165) is 22.8 Å². The molecule has 7 nitrogen and oxygen atoms in total. The van der Waals surface area contributed by atoms with Gasteiger partial charge in [0.15, 0.2) is 0 Å². The molecule has 1 saturated heterocycles. The number of rotatable bonds is 9. The van der Waals surface area contributed by atoms with Crippen molar-refractivity contribution < 1.29 is 32.7 Å². The smallest absolute Gasteiger partial charge is 0.379 e. The van der Waals surface area contributed by atoms with Crippen molar-refractivity contribution in [1.82, 2.24) is 4.90 Å². The van der Waals surface area contributed by atoms with Crippen LogP contribution >= 0.6 is 0 Å². The van der Waals surface area contributed by atoms with Gasteiger partial charge in [0.2, 0.25) is 0 Å². The van der Waals surface area contributed by atoms with Crippen LogP contribution in [0.25, 0.3) is 11.1 Å². The van der Waals surface area contributed by atoms with Crippen LogP contribution in [0.15, 0.2) is 97.1 Å². The van der Waals surface area contributed by atoms with Crippen LogP contribution in [0.1, 0.15) is 52.4 Å². The summed E-state index contributed by atoms with van der Waals surface area (Å²) in [5.74, 6) is -1.63. The van der Waals surface area contributed by atoms with Gasteiger partial charge >= 0.3 is 6.18 Å². The maximum absolute atomic E-state index is 14.0. The molecule has 4 aromatic carbocycles. The zero-order chi connectivity index (χ0) is 34.5. The number of amides is 2. The summed E-state index contributed by atoms with van der Waals surface area (Å²) in [6.07, 6.45) is -4.09. The topological polar surface area (TPSA) is 110 Å². The van der Waals surface area contributed by atoms with E-state index in [-0.39, 0.29) is 49.7 Å². The Balaban J connectivity index is 1.43. The van der Waals surface area contributed by atoms with Gasteiger partial charge in [0.1, 0.15) is 11.4 Å². The third-order valence-electron chi connectivity index (χ3n) is 8.72. The Kier molecular flexibility index (Phi) is 10.1. The van der Waals surface area contributed by atoms with E-state index < -0.39 is 34.7 Å². The lowest BCUT2D eigenvalue weighted by Gasteiger charge is -2.40. The van der Waals surface area contributed by atoms with Gasteiger partial charge in [0.25, 0.3) is 11.8 Å². The Morgan fingerprint density at radius 3 is 2.19 bits per heavy atom. The van der Waals surface area contributed by atoms with Crippen molar-refractivity contribution in [3.05, 3.63) is 125 Å². The molecule has 1 fully saturated rings. The van der Waals surface area contributed by atoms with Crippen LogP contribution in [0, 0.1) is 17.2 Å². The second-order valence-electron chi connectivity index (χ2n) is 12.1. The number of halogens is 3. The van der Waals surface area contributed by atoms with E-state index in [2.05, 4.69) is 5.32 Å². The van der Waals surface area contributed by atoms with E-state index in [1.807, 2.05) is 42.5 Å². The van der Waals surface area contributed by atoms with Crippen LogP contribution in [0.4, 0.5) is 18.9 Å². The zero-order valence-electron chi connectivity index (χ0n) is 26.3. The highest BCUT2D eigenvalue weighted by molar-refractivity contribution is 5.98. The van der Waals surface area contributed by atoms with Gasteiger partial charge in [0.05, 0.1) is 17.2 Å². The molecule has 0 bridgehead atoms. The minimum absolute atomic E-state index is 0.0493. The lowest BCUT2D eigenvalue weighted by atomic mass is 9.75. The second-order valence-corrected chi connectivity index (χ2v) is 12.1. The number of Topliss-reactive ketones (excluding diaryl/α,β-unsaturated/α-hetero) is 1. The fourth-order valence-corrected chi connectivity index (χ4v) is 6.20. The van der Waals surface area contributed by atoms with Crippen LogP contribution in [-0.2, 0) is 28.6 Å². The highest BCUT2D eigenvalue weighted by Crippen LogP contribution is 2.36. The Morgan fingerprint density at radius 1 is 0.875 bits per heavy atom. The number of likely N-dealkylation sites (tertiary alicyclic amines) is 1. The first kappa shape index (κ1) is 34.1. The van der Waals surface area contributed by atoms with Crippen LogP contribution in [0.5, 0.6) is 0 Å². The van der Waals surface area contributed by atoms with E-state index in [1.54, 1.807) is 41.3 Å². The Hall–Kier alpha value is -5.27. The van der Waals surface area contributed by atoms with Gasteiger partial charge in [-0.3, -0.25) is 14.4 Å². The number of nitrogens with zero attached hydrogens (tertiary/aromatic N) is 2. The molecule has 2 N–H and O–H groups in total. The lowest BCUT2D eigenvalue weighted by molar-refractivity contribution is -0.142. The normalized spacial score (nSPS) is 14.9. The summed E-state index contributed by atoms with van der Waals surface area (Å²) in [6, 6.07) is 28.0. The van der Waals surface area contributed by atoms with Crippen molar-refractivity contribution in [3.8, 4) is 17.2 Å². The van der Waals surface area contributed by atoms with Crippen molar-refractivity contribution in [3.63, 3.8) is 0 Å². The number of hydrogen-bond donors (Lipinski definition) is 2. The van der Waals surface area contributed by atoms with Gasteiger partial charge in [-0.1, -0.05) is 66.7 Å². The molecule has 5 rings (SSSR count). The molecular formula is C38H34F3N3O4. The van der Waals surface area contributed by atoms with Crippen LogP contribution in [-0.4, -0.2) is 46.3 Å². The predicted molar refractivity (Wildman–Crippen MR) is 175 cm³/mol. The maximum atomic E-state index is 14.0. The molecule has 0 spiro atoms. The first-order chi connectivity index (χ1) is 22.9. The maximum Gasteiger partial charge on any atom is 0.417 e. The first-order valence-electron chi connectivity index (χ1n) is 15.5. The Bertz CT molecular complexity index is 1840. The number of hydrogen-bond acceptors (Lipinski definition) is 5. The standard InChI is InChI=1S/C38H34F3N3O4/c1-25(45)20-26-10-12-28(13-11-26)30-9-5-6-27(21-30)23-37(48,32-16-18-44(19-17-32)35(46)29-7-3-2-4-8-29)36(47)43-33-15-14-31(24-42)34(22-33)38(39,40)41/h2-15,21-22,32,48H,16-20,23H2,1H3,(H,43,47). The highest BCUT2D eigenvalue weighted by Gasteiger charge is 2.46. The first-order valence-corrected chi connectivity index (χ1v) is 15.5. The average Bonchev–Trinajstić information content (AvgIpc) is 3.08. The van der Waals surface area contributed by atoms with Crippen molar-refractivity contribution in [2.24, 2.45) is 5.92 Å². The SMILES string of the molecule is CC(=O)Cc1ccc(-c2cccc(CC(O)(C(=O)Nc3ccc(C#N)c(C(F)(F)F)c3)C3CCN(C(=O)c4ccccc4)CC3)c2)cc1. The molecule has 10 heteroatoms. The van der Waals surface area contributed by atoms with E-state index in [9.17, 15) is 37.9 Å². The van der Waals surface area contributed by atoms with Gasteiger partial charge < -0.3 is 15.3 Å². The van der Waals surface area contributed by atoms with Crippen LogP contribution in [0.2, 0.25) is 0 Å². The molecule has 48 heavy (non-hydrogen) atoms. The van der Waals surface area contributed by atoms with Gasteiger partial charge in [-0.05, 0) is 72.4 Å². The number of nitrogens with one attached hydrogen (secondary N) is 1. The quantitative estimate of drug-likeness (QED) is 0.206. The Labute approximate surface area is 276 Å². The number of nitriles is 1. The van der Waals surface area contributed by atoms with Gasteiger partial charge in [-0.15, -0.1) is 0 Å². The second kappa shape index (κ2) is 14.2. The largest absolute Gasteiger partial charge is 0.417 e. The van der Waals surface area contributed by atoms with Gasteiger partial charge in [-0.25, -0.2) is 0 Å². The minimum Gasteiger partial charge on any atom is -0.379 e. The zero-order valence-corrected chi connectivity index (χ0v) is 26.3. The summed E-state index contributed by atoms with van der Waals surface area (Å²) < 4.78 is 41.1. The van der Waals surface area contributed by atoms with E-state index in [4.69, 9.17) is 0 Å².